The van der Waals surface area contributed by atoms with Gasteiger partial charge in [0.2, 0.25) is 0 Å². The number of aliphatic hydroxyl groups excluding tert-OH is 1. The summed E-state index contributed by atoms with van der Waals surface area (Å²) in [6.45, 7) is 7.17. The standard InChI is InChI=1S/C8H20N2O/c1-7(9)8(2,3)10-5-4-6-11/h7,10-11H,4-6,9H2,1-3H3. The van der Waals surface area contributed by atoms with E-state index in [1.807, 2.05) is 6.92 Å². The Balaban J connectivity index is 3.55. The molecule has 11 heavy (non-hydrogen) atoms. The van der Waals surface area contributed by atoms with Gasteiger partial charge in [0.25, 0.3) is 0 Å². The van der Waals surface area contributed by atoms with E-state index in [9.17, 15) is 0 Å². The van der Waals surface area contributed by atoms with E-state index in [0.29, 0.717) is 0 Å². The van der Waals surface area contributed by atoms with Gasteiger partial charge >= 0.3 is 0 Å². The van der Waals surface area contributed by atoms with Crippen LogP contribution in [-0.4, -0.2) is 29.8 Å². The van der Waals surface area contributed by atoms with Gasteiger partial charge in [-0.15, -0.1) is 0 Å². The summed E-state index contributed by atoms with van der Waals surface area (Å²) in [4.78, 5) is 0. The highest BCUT2D eigenvalue weighted by molar-refractivity contribution is 4.85. The zero-order valence-corrected chi connectivity index (χ0v) is 7.72. The lowest BCUT2D eigenvalue weighted by Gasteiger charge is -2.30. The van der Waals surface area contributed by atoms with E-state index in [2.05, 4.69) is 19.2 Å². The molecule has 0 saturated carbocycles. The molecule has 0 heterocycles. The summed E-state index contributed by atoms with van der Waals surface area (Å²) < 4.78 is 0. The van der Waals surface area contributed by atoms with Crippen LogP contribution in [0.5, 0.6) is 0 Å². The van der Waals surface area contributed by atoms with Gasteiger partial charge in [0.1, 0.15) is 0 Å². The van der Waals surface area contributed by atoms with Crippen LogP contribution in [0.15, 0.2) is 0 Å². The predicted molar refractivity (Wildman–Crippen MR) is 47.4 cm³/mol. The summed E-state index contributed by atoms with van der Waals surface area (Å²) in [6.07, 6.45) is 0.788. The first-order valence-corrected chi connectivity index (χ1v) is 4.12. The summed E-state index contributed by atoms with van der Waals surface area (Å²) in [7, 11) is 0. The second-order valence-electron chi connectivity index (χ2n) is 3.51. The molecule has 1 atom stereocenters. The van der Waals surface area contributed by atoms with Gasteiger partial charge in [-0.3, -0.25) is 0 Å². The number of nitrogens with two attached hydrogens (primary N) is 1. The lowest BCUT2D eigenvalue weighted by Crippen LogP contribution is -2.52. The van der Waals surface area contributed by atoms with Crippen LogP contribution < -0.4 is 11.1 Å². The fourth-order valence-electron chi connectivity index (χ4n) is 0.651. The molecule has 0 aliphatic rings. The molecule has 0 amide bonds. The van der Waals surface area contributed by atoms with Gasteiger partial charge in [0.05, 0.1) is 0 Å². The number of hydrogen-bond acceptors (Lipinski definition) is 3. The maximum absolute atomic E-state index is 8.53. The Kier molecular flexibility index (Phi) is 4.65. The maximum Gasteiger partial charge on any atom is 0.0443 e. The Morgan fingerprint density at radius 2 is 2.09 bits per heavy atom. The molecule has 68 valence electrons. The molecule has 0 aliphatic carbocycles. The Hall–Kier alpha value is -0.120. The van der Waals surface area contributed by atoms with Crippen molar-refractivity contribution in [3.63, 3.8) is 0 Å². The third-order valence-electron chi connectivity index (χ3n) is 2.05. The van der Waals surface area contributed by atoms with Crippen LogP contribution in [-0.2, 0) is 0 Å². The van der Waals surface area contributed by atoms with Crippen LogP contribution in [0, 0.1) is 0 Å². The lowest BCUT2D eigenvalue weighted by molar-refractivity contribution is 0.267. The normalized spacial score (nSPS) is 15.0. The second-order valence-corrected chi connectivity index (χ2v) is 3.51. The van der Waals surface area contributed by atoms with Crippen molar-refractivity contribution in [1.29, 1.82) is 0 Å². The van der Waals surface area contributed by atoms with E-state index in [-0.39, 0.29) is 18.2 Å². The van der Waals surface area contributed by atoms with Crippen molar-refractivity contribution in [3.8, 4) is 0 Å². The first kappa shape index (κ1) is 10.9. The average Bonchev–Trinajstić information content (AvgIpc) is 1.88. The minimum atomic E-state index is -0.0326. The summed E-state index contributed by atoms with van der Waals surface area (Å²) in [6, 6.07) is 0.126. The molecule has 3 nitrogen and oxygen atoms in total. The Morgan fingerprint density at radius 3 is 2.45 bits per heavy atom. The van der Waals surface area contributed by atoms with Crippen molar-refractivity contribution >= 4 is 0 Å². The fourth-order valence-corrected chi connectivity index (χ4v) is 0.651. The first-order chi connectivity index (χ1) is 5.00. The fraction of sp³-hybridized carbons (Fsp3) is 1.00. The van der Waals surface area contributed by atoms with Crippen molar-refractivity contribution in [2.24, 2.45) is 5.73 Å². The Morgan fingerprint density at radius 1 is 1.55 bits per heavy atom. The van der Waals surface area contributed by atoms with Crippen molar-refractivity contribution in [1.82, 2.24) is 5.32 Å². The number of hydrogen-bond donors (Lipinski definition) is 3. The molecule has 3 heteroatoms. The Bertz CT molecular complexity index is 102. The number of rotatable bonds is 5. The van der Waals surface area contributed by atoms with Crippen molar-refractivity contribution in [2.45, 2.75) is 38.8 Å². The largest absolute Gasteiger partial charge is 0.396 e. The van der Waals surface area contributed by atoms with E-state index >= 15 is 0 Å². The minimum Gasteiger partial charge on any atom is -0.396 e. The molecule has 0 saturated heterocycles. The summed E-state index contributed by atoms with van der Waals surface area (Å²) in [5, 5.41) is 11.8. The van der Waals surface area contributed by atoms with E-state index in [4.69, 9.17) is 10.8 Å². The van der Waals surface area contributed by atoms with Gasteiger partial charge in [-0.2, -0.15) is 0 Å². The van der Waals surface area contributed by atoms with Crippen LogP contribution in [0.4, 0.5) is 0 Å². The van der Waals surface area contributed by atoms with Crippen LogP contribution in [0.3, 0.4) is 0 Å². The van der Waals surface area contributed by atoms with Crippen molar-refractivity contribution < 1.29 is 5.11 Å². The predicted octanol–water partition coefficient (Wildman–Crippen LogP) is 0.0842. The van der Waals surface area contributed by atoms with Gasteiger partial charge in [0, 0.05) is 18.2 Å². The second kappa shape index (κ2) is 4.70. The highest BCUT2D eigenvalue weighted by Crippen LogP contribution is 2.05. The molecule has 0 bridgehead atoms. The molecular weight excluding hydrogens is 140 g/mol. The number of nitrogens with one attached hydrogen (secondary N) is 1. The van der Waals surface area contributed by atoms with Crippen molar-refractivity contribution in [3.05, 3.63) is 0 Å². The third-order valence-corrected chi connectivity index (χ3v) is 2.05. The van der Waals surface area contributed by atoms with E-state index in [0.717, 1.165) is 13.0 Å². The molecular formula is C8H20N2O. The monoisotopic (exact) mass is 160 g/mol. The molecule has 0 aromatic heterocycles. The molecule has 4 N–H and O–H groups in total. The highest BCUT2D eigenvalue weighted by atomic mass is 16.3. The molecule has 0 aromatic carbocycles. The smallest absolute Gasteiger partial charge is 0.0443 e. The topological polar surface area (TPSA) is 58.3 Å². The molecule has 0 radical (unpaired) electrons. The van der Waals surface area contributed by atoms with Crippen LogP contribution in [0.2, 0.25) is 0 Å². The van der Waals surface area contributed by atoms with Gasteiger partial charge in [-0.05, 0) is 33.7 Å². The molecule has 0 spiro atoms. The van der Waals surface area contributed by atoms with Gasteiger partial charge in [0.15, 0.2) is 0 Å². The molecule has 1 unspecified atom stereocenters. The van der Waals surface area contributed by atoms with E-state index < -0.39 is 0 Å². The summed E-state index contributed by atoms with van der Waals surface area (Å²) >= 11 is 0. The lowest BCUT2D eigenvalue weighted by atomic mass is 9.97. The highest BCUT2D eigenvalue weighted by Gasteiger charge is 2.20. The number of aliphatic hydroxyl groups is 1. The molecule has 0 aliphatic heterocycles. The van der Waals surface area contributed by atoms with Crippen LogP contribution in [0.25, 0.3) is 0 Å². The van der Waals surface area contributed by atoms with Gasteiger partial charge in [-0.25, -0.2) is 0 Å². The first-order valence-electron chi connectivity index (χ1n) is 4.12. The summed E-state index contributed by atoms with van der Waals surface area (Å²) in [5.74, 6) is 0. The zero-order chi connectivity index (χ0) is 8.91. The van der Waals surface area contributed by atoms with Crippen LogP contribution in [0.1, 0.15) is 27.2 Å². The SMILES string of the molecule is CC(N)C(C)(C)NCCCO. The quantitative estimate of drug-likeness (QED) is 0.499. The molecule has 0 fully saturated rings. The van der Waals surface area contributed by atoms with Crippen LogP contribution >= 0.6 is 0 Å². The zero-order valence-electron chi connectivity index (χ0n) is 7.72. The summed E-state index contributed by atoms with van der Waals surface area (Å²) in [5.41, 5.74) is 5.69. The Labute approximate surface area is 69.0 Å². The molecule has 0 rings (SSSR count). The van der Waals surface area contributed by atoms with Crippen molar-refractivity contribution in [2.75, 3.05) is 13.2 Å². The maximum atomic E-state index is 8.53. The van der Waals surface area contributed by atoms with E-state index in [1.165, 1.54) is 0 Å². The minimum absolute atomic E-state index is 0.0326. The average molecular weight is 160 g/mol. The van der Waals surface area contributed by atoms with E-state index in [1.54, 1.807) is 0 Å². The van der Waals surface area contributed by atoms with Gasteiger partial charge in [-0.1, -0.05) is 0 Å². The third kappa shape index (κ3) is 4.35. The van der Waals surface area contributed by atoms with Gasteiger partial charge < -0.3 is 16.2 Å². The molecule has 0 aromatic rings.